The van der Waals surface area contributed by atoms with Crippen LogP contribution in [-0.4, -0.2) is 40.0 Å². The molecule has 0 bridgehead atoms. The molecule has 4 nitrogen and oxygen atoms in total. The standard InChI is InChI=1S/C22H29N3O/c1-17(2)25-11-9-21(10-12-25)26-22-8-7-18(13-23-22)14-24-15-19-5-3-4-6-20(19)16-24/h3-8,13,17,21H,9-12,14-16H2,1-2H3. The van der Waals surface area contributed by atoms with Crippen molar-refractivity contribution in [1.29, 1.82) is 0 Å². The quantitative estimate of drug-likeness (QED) is 0.818. The number of piperidine rings is 1. The molecule has 0 aliphatic carbocycles. The summed E-state index contributed by atoms with van der Waals surface area (Å²) in [6, 6.07) is 13.5. The van der Waals surface area contributed by atoms with Crippen LogP contribution in [0.25, 0.3) is 0 Å². The molecule has 0 spiro atoms. The maximum Gasteiger partial charge on any atom is 0.213 e. The number of hydrogen-bond acceptors (Lipinski definition) is 4. The molecule has 26 heavy (non-hydrogen) atoms. The number of benzene rings is 1. The van der Waals surface area contributed by atoms with Gasteiger partial charge in [-0.05, 0) is 43.4 Å². The van der Waals surface area contributed by atoms with Gasteiger partial charge in [0.2, 0.25) is 5.88 Å². The average molecular weight is 351 g/mol. The van der Waals surface area contributed by atoms with Crippen molar-refractivity contribution in [1.82, 2.24) is 14.8 Å². The van der Waals surface area contributed by atoms with E-state index in [9.17, 15) is 0 Å². The van der Waals surface area contributed by atoms with Gasteiger partial charge in [-0.2, -0.15) is 0 Å². The van der Waals surface area contributed by atoms with E-state index >= 15 is 0 Å². The monoisotopic (exact) mass is 351 g/mol. The van der Waals surface area contributed by atoms with Crippen molar-refractivity contribution < 1.29 is 4.74 Å². The van der Waals surface area contributed by atoms with Gasteiger partial charge in [0.15, 0.2) is 0 Å². The Hall–Kier alpha value is -1.91. The highest BCUT2D eigenvalue weighted by atomic mass is 16.5. The highest BCUT2D eigenvalue weighted by Crippen LogP contribution is 2.24. The first-order valence-electron chi connectivity index (χ1n) is 9.82. The van der Waals surface area contributed by atoms with E-state index in [4.69, 9.17) is 4.74 Å². The van der Waals surface area contributed by atoms with Gasteiger partial charge >= 0.3 is 0 Å². The summed E-state index contributed by atoms with van der Waals surface area (Å²) in [4.78, 5) is 9.54. The molecule has 0 radical (unpaired) electrons. The third-order valence-electron chi connectivity index (χ3n) is 5.60. The number of nitrogens with zero attached hydrogens (tertiary/aromatic N) is 3. The number of aromatic nitrogens is 1. The Morgan fingerprint density at radius 1 is 1.04 bits per heavy atom. The zero-order valence-corrected chi connectivity index (χ0v) is 15.9. The number of likely N-dealkylation sites (tertiary alicyclic amines) is 1. The molecule has 0 atom stereocenters. The molecule has 3 heterocycles. The van der Waals surface area contributed by atoms with Crippen LogP contribution in [0.3, 0.4) is 0 Å². The number of ether oxygens (including phenoxy) is 1. The fourth-order valence-electron chi connectivity index (χ4n) is 4.03. The molecular formula is C22H29N3O. The summed E-state index contributed by atoms with van der Waals surface area (Å²) in [6.07, 6.45) is 4.46. The Kier molecular flexibility index (Phi) is 5.23. The molecule has 0 N–H and O–H groups in total. The number of rotatable bonds is 5. The van der Waals surface area contributed by atoms with E-state index in [0.29, 0.717) is 12.1 Å². The van der Waals surface area contributed by atoms with Crippen molar-refractivity contribution in [3.8, 4) is 5.88 Å². The number of fused-ring (bicyclic) bond motifs is 1. The van der Waals surface area contributed by atoms with Crippen LogP contribution in [0, 0.1) is 0 Å². The van der Waals surface area contributed by atoms with Gasteiger partial charge < -0.3 is 9.64 Å². The molecular weight excluding hydrogens is 322 g/mol. The van der Waals surface area contributed by atoms with Crippen molar-refractivity contribution in [3.63, 3.8) is 0 Å². The molecule has 1 fully saturated rings. The molecule has 0 amide bonds. The zero-order chi connectivity index (χ0) is 17.9. The minimum atomic E-state index is 0.302. The minimum Gasteiger partial charge on any atom is -0.474 e. The predicted octanol–water partition coefficient (Wildman–Crippen LogP) is 3.85. The van der Waals surface area contributed by atoms with Gasteiger partial charge in [0.1, 0.15) is 6.10 Å². The first-order valence-corrected chi connectivity index (χ1v) is 9.82. The first-order chi connectivity index (χ1) is 12.7. The van der Waals surface area contributed by atoms with Crippen molar-refractivity contribution in [2.75, 3.05) is 13.1 Å². The highest BCUT2D eigenvalue weighted by molar-refractivity contribution is 5.30. The fraction of sp³-hybridized carbons (Fsp3) is 0.500. The highest BCUT2D eigenvalue weighted by Gasteiger charge is 2.22. The smallest absolute Gasteiger partial charge is 0.213 e. The molecule has 1 saturated heterocycles. The summed E-state index contributed by atoms with van der Waals surface area (Å²) < 4.78 is 6.11. The SMILES string of the molecule is CC(C)N1CCC(Oc2ccc(CN3Cc4ccccc4C3)cn2)CC1. The molecule has 4 heteroatoms. The molecule has 2 aliphatic rings. The van der Waals surface area contributed by atoms with Crippen LogP contribution in [0.4, 0.5) is 0 Å². The van der Waals surface area contributed by atoms with Crippen LogP contribution in [0.5, 0.6) is 5.88 Å². The Labute approximate surface area is 156 Å². The van der Waals surface area contributed by atoms with Crippen molar-refractivity contribution in [2.45, 2.75) is 58.5 Å². The van der Waals surface area contributed by atoms with Gasteiger partial charge in [-0.25, -0.2) is 4.98 Å². The van der Waals surface area contributed by atoms with Gasteiger partial charge in [-0.15, -0.1) is 0 Å². The molecule has 2 aliphatic heterocycles. The fourth-order valence-corrected chi connectivity index (χ4v) is 4.03. The van der Waals surface area contributed by atoms with Crippen LogP contribution in [0.1, 0.15) is 43.4 Å². The Bertz CT molecular complexity index is 695. The minimum absolute atomic E-state index is 0.302. The Morgan fingerprint density at radius 2 is 1.73 bits per heavy atom. The van der Waals surface area contributed by atoms with Crippen LogP contribution in [0.15, 0.2) is 42.6 Å². The van der Waals surface area contributed by atoms with E-state index in [1.54, 1.807) is 0 Å². The second kappa shape index (κ2) is 7.77. The molecule has 4 rings (SSSR count). The summed E-state index contributed by atoms with van der Waals surface area (Å²) in [7, 11) is 0. The summed E-state index contributed by atoms with van der Waals surface area (Å²) in [5, 5.41) is 0. The molecule has 0 unspecified atom stereocenters. The van der Waals surface area contributed by atoms with Crippen LogP contribution < -0.4 is 4.74 Å². The Balaban J connectivity index is 1.28. The number of hydrogen-bond donors (Lipinski definition) is 0. The maximum absolute atomic E-state index is 6.11. The van der Waals surface area contributed by atoms with E-state index in [-0.39, 0.29) is 0 Å². The second-order valence-electron chi connectivity index (χ2n) is 7.87. The normalized spacial score (nSPS) is 19.0. The molecule has 138 valence electrons. The maximum atomic E-state index is 6.11. The summed E-state index contributed by atoms with van der Waals surface area (Å²) in [5.41, 5.74) is 4.15. The molecule has 1 aromatic carbocycles. The first kappa shape index (κ1) is 17.5. The largest absolute Gasteiger partial charge is 0.474 e. The zero-order valence-electron chi connectivity index (χ0n) is 15.9. The van der Waals surface area contributed by atoms with Crippen molar-refractivity contribution in [3.05, 3.63) is 59.3 Å². The summed E-state index contributed by atoms with van der Waals surface area (Å²) in [6.45, 7) is 9.77. The van der Waals surface area contributed by atoms with Gasteiger partial charge in [-0.1, -0.05) is 30.3 Å². The topological polar surface area (TPSA) is 28.6 Å². The van der Waals surface area contributed by atoms with Crippen molar-refractivity contribution in [2.24, 2.45) is 0 Å². The van der Waals surface area contributed by atoms with E-state index in [1.165, 1.54) is 16.7 Å². The molecule has 1 aromatic heterocycles. The lowest BCUT2D eigenvalue weighted by molar-refractivity contribution is 0.0812. The van der Waals surface area contributed by atoms with Crippen LogP contribution >= 0.6 is 0 Å². The molecule has 0 saturated carbocycles. The lowest BCUT2D eigenvalue weighted by atomic mass is 10.1. The van der Waals surface area contributed by atoms with Crippen LogP contribution in [-0.2, 0) is 19.6 Å². The predicted molar refractivity (Wildman–Crippen MR) is 104 cm³/mol. The number of pyridine rings is 1. The van der Waals surface area contributed by atoms with Gasteiger partial charge in [0.05, 0.1) is 0 Å². The van der Waals surface area contributed by atoms with E-state index in [1.807, 2.05) is 12.3 Å². The van der Waals surface area contributed by atoms with Crippen LogP contribution in [0.2, 0.25) is 0 Å². The second-order valence-corrected chi connectivity index (χ2v) is 7.87. The van der Waals surface area contributed by atoms with Gasteiger partial charge in [0, 0.05) is 51.0 Å². The lowest BCUT2D eigenvalue weighted by Crippen LogP contribution is -2.41. The van der Waals surface area contributed by atoms with E-state index < -0.39 is 0 Å². The average Bonchev–Trinajstić information content (AvgIpc) is 3.06. The van der Waals surface area contributed by atoms with Crippen molar-refractivity contribution >= 4 is 0 Å². The van der Waals surface area contributed by atoms with E-state index in [2.05, 4.69) is 59.0 Å². The summed E-state index contributed by atoms with van der Waals surface area (Å²) >= 11 is 0. The van der Waals surface area contributed by atoms with E-state index in [0.717, 1.165) is 51.4 Å². The molecule has 2 aromatic rings. The lowest BCUT2D eigenvalue weighted by Gasteiger charge is -2.34. The summed E-state index contributed by atoms with van der Waals surface area (Å²) in [5.74, 6) is 0.765. The van der Waals surface area contributed by atoms with Gasteiger partial charge in [-0.3, -0.25) is 4.90 Å². The third-order valence-corrected chi connectivity index (χ3v) is 5.60. The van der Waals surface area contributed by atoms with Gasteiger partial charge in [0.25, 0.3) is 0 Å². The Morgan fingerprint density at radius 3 is 2.31 bits per heavy atom. The third kappa shape index (κ3) is 4.08.